The lowest BCUT2D eigenvalue weighted by Crippen LogP contribution is -2.37. The van der Waals surface area contributed by atoms with Gasteiger partial charge in [-0.25, -0.2) is 4.79 Å². The van der Waals surface area contributed by atoms with Crippen molar-refractivity contribution >= 4 is 5.97 Å². The molecule has 0 radical (unpaired) electrons. The average Bonchev–Trinajstić information content (AvgIpc) is 2.97. The molecule has 2 rings (SSSR count). The number of aromatic nitrogens is 2. The summed E-state index contributed by atoms with van der Waals surface area (Å²) in [5.74, 6) is -0.331. The molecule has 0 unspecified atom stereocenters. The predicted molar refractivity (Wildman–Crippen MR) is 76.9 cm³/mol. The molecule has 1 aromatic heterocycles. The Labute approximate surface area is 118 Å². The molecule has 0 amide bonds. The first-order chi connectivity index (χ1) is 9.48. The van der Waals surface area contributed by atoms with Crippen LogP contribution in [0.1, 0.15) is 19.4 Å². The van der Waals surface area contributed by atoms with Crippen molar-refractivity contribution in [3.05, 3.63) is 42.2 Å². The minimum Gasteiger partial charge on any atom is -0.467 e. The number of nitrogens with two attached hydrogens (primary N) is 1. The summed E-state index contributed by atoms with van der Waals surface area (Å²) in [6.45, 7) is 4.04. The van der Waals surface area contributed by atoms with E-state index in [1.165, 1.54) is 7.11 Å². The van der Waals surface area contributed by atoms with Gasteiger partial charge in [-0.05, 0) is 31.0 Å². The zero-order chi connectivity index (χ0) is 14.8. The maximum absolute atomic E-state index is 11.8. The number of methoxy groups -OCH3 is 1. The Bertz CT molecular complexity index is 617. The first-order valence-corrected chi connectivity index (χ1v) is 6.42. The zero-order valence-electron chi connectivity index (χ0n) is 12.0. The number of ether oxygens (including phenoxy) is 1. The Hall–Kier alpha value is -2.14. The third kappa shape index (κ3) is 2.58. The zero-order valence-corrected chi connectivity index (χ0v) is 12.0. The minimum atomic E-state index is -0.835. The van der Waals surface area contributed by atoms with E-state index in [-0.39, 0.29) is 5.97 Å². The average molecular weight is 273 g/mol. The van der Waals surface area contributed by atoms with E-state index in [4.69, 9.17) is 10.5 Å². The maximum atomic E-state index is 11.8. The van der Waals surface area contributed by atoms with Gasteiger partial charge in [0.25, 0.3) is 0 Å². The molecular weight excluding hydrogens is 254 g/mol. The highest BCUT2D eigenvalue weighted by molar-refractivity contribution is 5.78. The number of carbonyl (C=O) groups is 1. The monoisotopic (exact) mass is 273 g/mol. The second kappa shape index (κ2) is 5.46. The van der Waals surface area contributed by atoms with Crippen molar-refractivity contribution in [3.8, 4) is 11.1 Å². The van der Waals surface area contributed by atoms with Crippen LogP contribution in [0.15, 0.2) is 36.7 Å². The molecule has 1 heterocycles. The van der Waals surface area contributed by atoms with E-state index in [0.717, 1.165) is 16.7 Å². The van der Waals surface area contributed by atoms with Gasteiger partial charge in [0.2, 0.25) is 0 Å². The Morgan fingerprint density at radius 1 is 1.40 bits per heavy atom. The molecule has 2 N–H and O–H groups in total. The predicted octanol–water partition coefficient (Wildman–Crippen LogP) is 1.92. The van der Waals surface area contributed by atoms with Crippen LogP contribution in [0.5, 0.6) is 0 Å². The number of rotatable bonds is 4. The first kappa shape index (κ1) is 14.3. The smallest absolute Gasteiger partial charge is 0.333 e. The van der Waals surface area contributed by atoms with Gasteiger partial charge in [0, 0.05) is 18.3 Å². The fraction of sp³-hybridized carbons (Fsp3) is 0.333. The van der Waals surface area contributed by atoms with E-state index < -0.39 is 5.54 Å². The maximum Gasteiger partial charge on any atom is 0.333 e. The normalized spacial score (nSPS) is 11.4. The van der Waals surface area contributed by atoms with Crippen molar-refractivity contribution in [2.75, 3.05) is 7.11 Å². The van der Waals surface area contributed by atoms with E-state index in [2.05, 4.69) is 5.10 Å². The van der Waals surface area contributed by atoms with Crippen molar-refractivity contribution in [2.45, 2.75) is 25.9 Å². The number of carbonyl (C=O) groups excluding carboxylic acids is 1. The van der Waals surface area contributed by atoms with Crippen LogP contribution in [0.4, 0.5) is 0 Å². The summed E-state index contributed by atoms with van der Waals surface area (Å²) < 4.78 is 6.42. The van der Waals surface area contributed by atoms with E-state index in [9.17, 15) is 4.79 Å². The van der Waals surface area contributed by atoms with Gasteiger partial charge in [-0.2, -0.15) is 5.10 Å². The summed E-state index contributed by atoms with van der Waals surface area (Å²) in [6.07, 6.45) is 3.58. The van der Waals surface area contributed by atoms with Gasteiger partial charge in [0.05, 0.1) is 13.3 Å². The van der Waals surface area contributed by atoms with Crippen molar-refractivity contribution < 1.29 is 9.53 Å². The highest BCUT2D eigenvalue weighted by atomic mass is 16.5. The van der Waals surface area contributed by atoms with E-state index in [0.29, 0.717) is 6.54 Å². The quantitative estimate of drug-likeness (QED) is 0.864. The molecule has 106 valence electrons. The van der Waals surface area contributed by atoms with Crippen molar-refractivity contribution in [2.24, 2.45) is 5.73 Å². The molecule has 20 heavy (non-hydrogen) atoms. The molecule has 0 fully saturated rings. The van der Waals surface area contributed by atoms with Crippen LogP contribution >= 0.6 is 0 Å². The van der Waals surface area contributed by atoms with Crippen molar-refractivity contribution in [1.82, 2.24) is 9.78 Å². The van der Waals surface area contributed by atoms with Crippen molar-refractivity contribution in [3.63, 3.8) is 0 Å². The highest BCUT2D eigenvalue weighted by Gasteiger charge is 2.31. The van der Waals surface area contributed by atoms with Crippen LogP contribution in [0.3, 0.4) is 0 Å². The van der Waals surface area contributed by atoms with Crippen LogP contribution in [0, 0.1) is 0 Å². The molecule has 0 saturated carbocycles. The summed E-state index contributed by atoms with van der Waals surface area (Å²) in [5.41, 5.74) is 7.84. The second-order valence-electron chi connectivity index (χ2n) is 5.13. The van der Waals surface area contributed by atoms with Crippen LogP contribution in [-0.4, -0.2) is 22.9 Å². The topological polar surface area (TPSA) is 70.1 Å². The third-order valence-corrected chi connectivity index (χ3v) is 3.34. The Balaban J connectivity index is 2.35. The van der Waals surface area contributed by atoms with Gasteiger partial charge in [-0.15, -0.1) is 0 Å². The standard InChI is InChI=1S/C15H19N3O2/c1-15(2,14(19)20-3)18-10-13(9-17-18)12-6-4-5-11(7-12)8-16/h4-7,9-10H,8,16H2,1-3H3. The van der Waals surface area contributed by atoms with Crippen LogP contribution in [0.25, 0.3) is 11.1 Å². The number of hydrogen-bond acceptors (Lipinski definition) is 4. The summed E-state index contributed by atoms with van der Waals surface area (Å²) in [7, 11) is 1.37. The van der Waals surface area contributed by atoms with Crippen LogP contribution in [0.2, 0.25) is 0 Å². The van der Waals surface area contributed by atoms with Crippen LogP contribution in [-0.2, 0) is 21.6 Å². The summed E-state index contributed by atoms with van der Waals surface area (Å²) >= 11 is 0. The molecule has 0 aliphatic heterocycles. The lowest BCUT2D eigenvalue weighted by Gasteiger charge is -2.21. The summed E-state index contributed by atoms with van der Waals surface area (Å²) in [4.78, 5) is 11.8. The van der Waals surface area contributed by atoms with Gasteiger partial charge in [-0.1, -0.05) is 18.2 Å². The summed E-state index contributed by atoms with van der Waals surface area (Å²) in [5, 5.41) is 4.27. The van der Waals surface area contributed by atoms with E-state index in [1.807, 2.05) is 30.5 Å². The molecular formula is C15H19N3O2. The molecule has 2 aromatic rings. The second-order valence-corrected chi connectivity index (χ2v) is 5.13. The lowest BCUT2D eigenvalue weighted by atomic mass is 10.1. The fourth-order valence-electron chi connectivity index (χ4n) is 2.00. The summed E-state index contributed by atoms with van der Waals surface area (Å²) in [6, 6.07) is 7.95. The Morgan fingerprint density at radius 2 is 2.15 bits per heavy atom. The fourth-order valence-corrected chi connectivity index (χ4v) is 2.00. The first-order valence-electron chi connectivity index (χ1n) is 6.42. The van der Waals surface area contributed by atoms with Crippen LogP contribution < -0.4 is 5.73 Å². The molecule has 0 saturated heterocycles. The molecule has 0 aliphatic carbocycles. The van der Waals surface area contributed by atoms with Gasteiger partial charge in [-0.3, -0.25) is 4.68 Å². The Kier molecular flexibility index (Phi) is 3.90. The molecule has 5 nitrogen and oxygen atoms in total. The van der Waals surface area contributed by atoms with Gasteiger partial charge in [0.15, 0.2) is 5.54 Å². The number of hydrogen-bond donors (Lipinski definition) is 1. The third-order valence-electron chi connectivity index (χ3n) is 3.34. The van der Waals surface area contributed by atoms with E-state index in [1.54, 1.807) is 24.7 Å². The minimum absolute atomic E-state index is 0.331. The molecule has 0 atom stereocenters. The molecule has 0 aliphatic rings. The lowest BCUT2D eigenvalue weighted by molar-refractivity contribution is -0.150. The molecule has 5 heteroatoms. The van der Waals surface area contributed by atoms with Gasteiger partial charge >= 0.3 is 5.97 Å². The van der Waals surface area contributed by atoms with Gasteiger partial charge in [0.1, 0.15) is 0 Å². The van der Waals surface area contributed by atoms with E-state index >= 15 is 0 Å². The largest absolute Gasteiger partial charge is 0.467 e. The number of benzene rings is 1. The number of nitrogens with zero attached hydrogens (tertiary/aromatic N) is 2. The molecule has 1 aromatic carbocycles. The van der Waals surface area contributed by atoms with Gasteiger partial charge < -0.3 is 10.5 Å². The number of esters is 1. The highest BCUT2D eigenvalue weighted by Crippen LogP contribution is 2.23. The van der Waals surface area contributed by atoms with Crippen molar-refractivity contribution in [1.29, 1.82) is 0 Å². The molecule has 0 spiro atoms. The SMILES string of the molecule is COC(=O)C(C)(C)n1cc(-c2cccc(CN)c2)cn1. The molecule has 0 bridgehead atoms. The Morgan fingerprint density at radius 3 is 2.80 bits per heavy atom.